The van der Waals surface area contributed by atoms with E-state index in [1.165, 1.54) is 6.39 Å². The predicted octanol–water partition coefficient (Wildman–Crippen LogP) is 5.60. The van der Waals surface area contributed by atoms with Gasteiger partial charge in [0, 0.05) is 57.2 Å². The van der Waals surface area contributed by atoms with Crippen molar-refractivity contribution in [2.45, 2.75) is 32.5 Å². The first kappa shape index (κ1) is 30.0. The largest absolute Gasteiger partial charge is 0.491 e. The number of carbonyl (C=O) groups is 2. The quantitative estimate of drug-likeness (QED) is 0.316. The minimum atomic E-state index is -0.250. The van der Waals surface area contributed by atoms with Crippen LogP contribution in [-0.4, -0.2) is 72.6 Å². The van der Waals surface area contributed by atoms with Crippen LogP contribution in [0.3, 0.4) is 0 Å². The molecule has 0 saturated carbocycles. The van der Waals surface area contributed by atoms with Crippen molar-refractivity contribution in [1.29, 1.82) is 0 Å². The number of hydrogen-bond acceptors (Lipinski definition) is 7. The van der Waals surface area contributed by atoms with E-state index in [1.54, 1.807) is 55.7 Å². The third-order valence-electron chi connectivity index (χ3n) is 7.94. The summed E-state index contributed by atoms with van der Waals surface area (Å²) in [6.45, 7) is 6.25. The monoisotopic (exact) mass is 582 g/mol. The van der Waals surface area contributed by atoms with Crippen LogP contribution < -0.4 is 10.1 Å². The molecule has 4 aromatic rings. The van der Waals surface area contributed by atoms with Gasteiger partial charge in [-0.25, -0.2) is 4.98 Å². The number of rotatable bonds is 6. The lowest BCUT2D eigenvalue weighted by Crippen LogP contribution is -2.46. The first-order valence-corrected chi connectivity index (χ1v) is 14.5. The number of hydrogen-bond donors (Lipinski definition) is 1. The lowest BCUT2D eigenvalue weighted by molar-refractivity contribution is 0.00900. The second kappa shape index (κ2) is 13.7. The summed E-state index contributed by atoms with van der Waals surface area (Å²) < 4.78 is 17.3. The maximum Gasteiger partial charge on any atom is 0.257 e. The Kier molecular flexibility index (Phi) is 9.54. The van der Waals surface area contributed by atoms with Gasteiger partial charge in [-0.15, -0.1) is 0 Å². The van der Waals surface area contributed by atoms with E-state index in [4.69, 9.17) is 13.9 Å². The van der Waals surface area contributed by atoms with E-state index in [0.29, 0.717) is 48.8 Å². The molecule has 1 aliphatic heterocycles. The second-order valence-corrected chi connectivity index (χ2v) is 11.1. The van der Waals surface area contributed by atoms with Gasteiger partial charge in [0.2, 0.25) is 0 Å². The molecule has 2 amide bonds. The zero-order valence-corrected chi connectivity index (χ0v) is 25.0. The fourth-order valence-electron chi connectivity index (χ4n) is 5.32. The van der Waals surface area contributed by atoms with E-state index in [1.807, 2.05) is 42.5 Å². The van der Waals surface area contributed by atoms with Crippen molar-refractivity contribution in [3.8, 4) is 16.9 Å². The molecule has 9 heteroatoms. The number of carbonyl (C=O) groups excluding carboxylic acids is 2. The topological polar surface area (TPSA) is 97.1 Å². The molecule has 0 bridgehead atoms. The molecule has 0 saturated heterocycles. The van der Waals surface area contributed by atoms with Gasteiger partial charge >= 0.3 is 0 Å². The number of nitrogens with zero attached hydrogens (tertiary/aromatic N) is 3. The van der Waals surface area contributed by atoms with Crippen molar-refractivity contribution in [3.63, 3.8) is 0 Å². The van der Waals surface area contributed by atoms with Crippen LogP contribution in [0.2, 0.25) is 0 Å². The van der Waals surface area contributed by atoms with Crippen molar-refractivity contribution in [2.75, 3.05) is 39.2 Å². The SMILES string of the molecule is CO[C@@H]1CN(C)C(=O)c2ccc(NC(=O)c3ccc(-c4ccccc4)cc3)cc2OC[C@@H](C)N(Cc2cocn2)C[C@H]1C. The third kappa shape index (κ3) is 7.31. The highest BCUT2D eigenvalue weighted by atomic mass is 16.5. The summed E-state index contributed by atoms with van der Waals surface area (Å²) in [6, 6.07) is 22.6. The molecule has 1 N–H and O–H groups in total. The Morgan fingerprint density at radius 2 is 1.77 bits per heavy atom. The summed E-state index contributed by atoms with van der Waals surface area (Å²) in [5, 5.41) is 2.96. The van der Waals surface area contributed by atoms with Gasteiger partial charge in [0.25, 0.3) is 11.8 Å². The molecule has 0 aliphatic carbocycles. The van der Waals surface area contributed by atoms with Crippen LogP contribution in [0, 0.1) is 5.92 Å². The first-order chi connectivity index (χ1) is 20.8. The number of amides is 2. The van der Waals surface area contributed by atoms with Gasteiger partial charge in [-0.2, -0.15) is 0 Å². The molecular formula is C34H38N4O5. The van der Waals surface area contributed by atoms with Crippen molar-refractivity contribution in [2.24, 2.45) is 5.92 Å². The zero-order chi connectivity index (χ0) is 30.3. The summed E-state index contributed by atoms with van der Waals surface area (Å²) in [4.78, 5) is 34.9. The fourth-order valence-corrected chi connectivity index (χ4v) is 5.32. The van der Waals surface area contributed by atoms with Gasteiger partial charge in [0.1, 0.15) is 18.6 Å². The predicted molar refractivity (Wildman–Crippen MR) is 165 cm³/mol. The highest BCUT2D eigenvalue weighted by molar-refractivity contribution is 6.05. The normalized spacial score (nSPS) is 20.0. The summed E-state index contributed by atoms with van der Waals surface area (Å²) in [6.07, 6.45) is 2.91. The average molecular weight is 583 g/mol. The molecule has 3 atom stereocenters. The minimum Gasteiger partial charge on any atom is -0.491 e. The molecule has 224 valence electrons. The van der Waals surface area contributed by atoms with Crippen molar-refractivity contribution < 1.29 is 23.5 Å². The molecule has 3 aromatic carbocycles. The van der Waals surface area contributed by atoms with E-state index >= 15 is 0 Å². The van der Waals surface area contributed by atoms with Crippen LogP contribution in [0.1, 0.15) is 40.3 Å². The van der Waals surface area contributed by atoms with Gasteiger partial charge in [-0.05, 0) is 48.2 Å². The van der Waals surface area contributed by atoms with Gasteiger partial charge in [0.15, 0.2) is 6.39 Å². The maximum absolute atomic E-state index is 13.6. The lowest BCUT2D eigenvalue weighted by atomic mass is 10.0. The lowest BCUT2D eigenvalue weighted by Gasteiger charge is -2.35. The Morgan fingerprint density at radius 3 is 2.47 bits per heavy atom. The zero-order valence-electron chi connectivity index (χ0n) is 25.0. The maximum atomic E-state index is 13.6. The van der Waals surface area contributed by atoms with Crippen LogP contribution in [0.5, 0.6) is 5.75 Å². The molecular weight excluding hydrogens is 544 g/mol. The number of likely N-dealkylation sites (N-methyl/N-ethyl adjacent to an activating group) is 1. The van der Waals surface area contributed by atoms with Gasteiger partial charge in [0.05, 0.1) is 17.4 Å². The van der Waals surface area contributed by atoms with E-state index in [9.17, 15) is 9.59 Å². The highest BCUT2D eigenvalue weighted by Gasteiger charge is 2.29. The number of oxazole rings is 1. The molecule has 5 rings (SSSR count). The molecule has 0 radical (unpaired) electrons. The number of methoxy groups -OCH3 is 1. The van der Waals surface area contributed by atoms with Gasteiger partial charge in [-0.3, -0.25) is 14.5 Å². The van der Waals surface area contributed by atoms with Crippen molar-refractivity contribution >= 4 is 17.5 Å². The van der Waals surface area contributed by atoms with Crippen molar-refractivity contribution in [3.05, 3.63) is 102 Å². The van der Waals surface area contributed by atoms with E-state index in [0.717, 1.165) is 16.8 Å². The smallest absolute Gasteiger partial charge is 0.257 e. The Hall–Kier alpha value is -4.47. The number of aromatic nitrogens is 1. The Morgan fingerprint density at radius 1 is 1.02 bits per heavy atom. The average Bonchev–Trinajstić information content (AvgIpc) is 3.55. The Labute approximate surface area is 252 Å². The van der Waals surface area contributed by atoms with Crippen LogP contribution in [0.15, 0.2) is 89.9 Å². The fraction of sp³-hybridized carbons (Fsp3) is 0.324. The summed E-state index contributed by atoms with van der Waals surface area (Å²) in [5.41, 5.74) is 4.43. The van der Waals surface area contributed by atoms with Gasteiger partial charge in [-0.1, -0.05) is 49.4 Å². The Balaban J connectivity index is 1.37. The van der Waals surface area contributed by atoms with Crippen LogP contribution in [0.25, 0.3) is 11.1 Å². The summed E-state index contributed by atoms with van der Waals surface area (Å²) >= 11 is 0. The molecule has 0 spiro atoms. The molecule has 2 heterocycles. The van der Waals surface area contributed by atoms with Crippen LogP contribution in [0.4, 0.5) is 5.69 Å². The molecule has 43 heavy (non-hydrogen) atoms. The number of benzene rings is 3. The van der Waals surface area contributed by atoms with E-state index < -0.39 is 0 Å². The first-order valence-electron chi connectivity index (χ1n) is 14.5. The number of fused-ring (bicyclic) bond motifs is 1. The van der Waals surface area contributed by atoms with E-state index in [-0.39, 0.29) is 29.9 Å². The summed E-state index contributed by atoms with van der Waals surface area (Å²) in [7, 11) is 3.44. The third-order valence-corrected chi connectivity index (χ3v) is 7.94. The molecule has 0 fully saturated rings. The van der Waals surface area contributed by atoms with Crippen LogP contribution in [-0.2, 0) is 11.3 Å². The number of anilines is 1. The molecule has 1 aromatic heterocycles. The molecule has 1 aliphatic rings. The molecule has 9 nitrogen and oxygen atoms in total. The highest BCUT2D eigenvalue weighted by Crippen LogP contribution is 2.28. The number of nitrogens with one attached hydrogen (secondary N) is 1. The number of ether oxygens (including phenoxy) is 2. The van der Waals surface area contributed by atoms with E-state index in [2.05, 4.69) is 29.0 Å². The molecule has 0 unspecified atom stereocenters. The Bertz CT molecular complexity index is 1510. The van der Waals surface area contributed by atoms with Gasteiger partial charge < -0.3 is 24.1 Å². The minimum absolute atomic E-state index is 0.0156. The van der Waals surface area contributed by atoms with Crippen molar-refractivity contribution in [1.82, 2.24) is 14.8 Å². The summed E-state index contributed by atoms with van der Waals surface area (Å²) in [5.74, 6) is 0.115. The standard InChI is InChI=1S/C34H38N4O5/c1-23-17-38(18-29-21-42-22-35-29)24(2)20-43-31-16-28(14-15-30(31)34(40)37(3)19-32(23)41-4)36-33(39)27-12-10-26(11-13-27)25-8-6-5-7-9-25/h5-16,21-24,32H,17-20H2,1-4H3,(H,36,39)/t23-,24-,32-/m1/s1. The second-order valence-electron chi connectivity index (χ2n) is 11.1. The van der Waals surface area contributed by atoms with Crippen LogP contribution >= 0.6 is 0 Å².